The van der Waals surface area contributed by atoms with Crippen LogP contribution in [0.2, 0.25) is 0 Å². The molecule has 7 nitrogen and oxygen atoms in total. The third-order valence-electron chi connectivity index (χ3n) is 10.1. The maximum Gasteiger partial charge on any atom is 0.307 e. The molecule has 0 unspecified atom stereocenters. The van der Waals surface area contributed by atoms with Crippen molar-refractivity contribution in [2.24, 2.45) is 0 Å². The molecule has 0 saturated carbocycles. The number of carbonyl (C=O) groups excluding carboxylic acids is 1. The first-order valence-corrected chi connectivity index (χ1v) is 18.1. The molecule has 0 bridgehead atoms. The first-order chi connectivity index (χ1) is 24.2. The number of para-hydroxylation sites is 2. The summed E-state index contributed by atoms with van der Waals surface area (Å²) in [5.41, 5.74) is 4.69. The molecule has 7 heteroatoms. The molecule has 0 aromatic heterocycles. The zero-order valence-corrected chi connectivity index (χ0v) is 32.9. The Labute approximate surface area is 310 Å². The van der Waals surface area contributed by atoms with Gasteiger partial charge in [0.2, 0.25) is 0 Å². The molecule has 52 heavy (non-hydrogen) atoms. The van der Waals surface area contributed by atoms with E-state index < -0.39 is 10.8 Å². The van der Waals surface area contributed by atoms with E-state index in [0.717, 1.165) is 44.5 Å². The van der Waals surface area contributed by atoms with Gasteiger partial charge in [-0.25, -0.2) is 0 Å². The summed E-state index contributed by atoms with van der Waals surface area (Å²) in [6, 6.07) is 23.5. The van der Waals surface area contributed by atoms with Gasteiger partial charge in [0, 0.05) is 22.0 Å². The average Bonchev–Trinajstić information content (AvgIpc) is 3.07. The standard InChI is InChI=1S/C45H58O7/c1-29-24-31(26-35(40(29)48)42(3,4)5)45(11,32-25-30(2)41(49)36(27-32)43(6,7)8)28-39(47)52-23-22-51-38-19-15-13-17-34(38)44(9,10)33-16-12-14-18-37(33)50-21-20-46/h12-19,24-27,46,48-49H,20-23,28H2,1-11H3. The van der Waals surface area contributed by atoms with Crippen molar-refractivity contribution in [3.63, 3.8) is 0 Å². The van der Waals surface area contributed by atoms with Gasteiger partial charge in [0.25, 0.3) is 0 Å². The Hall–Kier alpha value is -4.49. The molecule has 0 aliphatic rings. The molecule has 3 N–H and O–H groups in total. The Morgan fingerprint density at radius 1 is 0.596 bits per heavy atom. The van der Waals surface area contributed by atoms with Crippen molar-refractivity contribution in [3.05, 3.63) is 117 Å². The minimum atomic E-state index is -0.850. The van der Waals surface area contributed by atoms with Gasteiger partial charge in [-0.2, -0.15) is 0 Å². The van der Waals surface area contributed by atoms with Crippen molar-refractivity contribution >= 4 is 5.97 Å². The Kier molecular flexibility index (Phi) is 12.1. The fourth-order valence-corrected chi connectivity index (χ4v) is 6.88. The second kappa shape index (κ2) is 15.6. The number of carbonyl (C=O) groups is 1. The smallest absolute Gasteiger partial charge is 0.307 e. The quantitative estimate of drug-likeness (QED) is 0.0938. The molecule has 0 aliphatic carbocycles. The Balaban J connectivity index is 1.61. The van der Waals surface area contributed by atoms with E-state index in [4.69, 9.17) is 14.2 Å². The number of phenols is 2. The van der Waals surface area contributed by atoms with Crippen LogP contribution in [0.1, 0.15) is 113 Å². The average molecular weight is 711 g/mol. The van der Waals surface area contributed by atoms with Crippen LogP contribution in [0.4, 0.5) is 0 Å². The van der Waals surface area contributed by atoms with Crippen LogP contribution in [0.25, 0.3) is 0 Å². The van der Waals surface area contributed by atoms with Crippen molar-refractivity contribution in [1.82, 2.24) is 0 Å². The highest BCUT2D eigenvalue weighted by Gasteiger charge is 2.37. The predicted octanol–water partition coefficient (Wildman–Crippen LogP) is 9.32. The Morgan fingerprint density at radius 3 is 1.44 bits per heavy atom. The highest BCUT2D eigenvalue weighted by molar-refractivity contribution is 5.73. The lowest BCUT2D eigenvalue weighted by Gasteiger charge is -2.34. The maximum absolute atomic E-state index is 13.8. The van der Waals surface area contributed by atoms with Crippen molar-refractivity contribution in [1.29, 1.82) is 0 Å². The van der Waals surface area contributed by atoms with Crippen molar-refractivity contribution in [3.8, 4) is 23.0 Å². The van der Waals surface area contributed by atoms with Crippen LogP contribution in [0.3, 0.4) is 0 Å². The molecule has 4 aromatic carbocycles. The van der Waals surface area contributed by atoms with E-state index in [1.807, 2.05) is 93.6 Å². The predicted molar refractivity (Wildman–Crippen MR) is 208 cm³/mol. The summed E-state index contributed by atoms with van der Waals surface area (Å²) in [7, 11) is 0. The lowest BCUT2D eigenvalue weighted by Crippen LogP contribution is -2.30. The van der Waals surface area contributed by atoms with Gasteiger partial charge in [-0.1, -0.05) is 123 Å². The van der Waals surface area contributed by atoms with Gasteiger partial charge in [-0.05, 0) is 70.2 Å². The summed E-state index contributed by atoms with van der Waals surface area (Å²) in [5, 5.41) is 31.5. The third-order valence-corrected chi connectivity index (χ3v) is 10.1. The number of esters is 1. The Morgan fingerprint density at radius 2 is 1.02 bits per heavy atom. The molecule has 0 spiro atoms. The highest BCUT2D eigenvalue weighted by atomic mass is 16.6. The molecule has 0 radical (unpaired) electrons. The number of hydrogen-bond donors (Lipinski definition) is 3. The third kappa shape index (κ3) is 8.75. The second-order valence-electron chi connectivity index (χ2n) is 16.6. The number of phenolic OH excluding ortho intramolecular Hbond substituents is 2. The van der Waals surface area contributed by atoms with Gasteiger partial charge >= 0.3 is 5.97 Å². The highest BCUT2D eigenvalue weighted by Crippen LogP contribution is 2.45. The summed E-state index contributed by atoms with van der Waals surface area (Å²) in [6.45, 7) is 22.7. The number of ether oxygens (including phenoxy) is 3. The number of benzene rings is 4. The normalized spacial score (nSPS) is 12.5. The van der Waals surface area contributed by atoms with Crippen LogP contribution in [0.15, 0.2) is 72.8 Å². The molecule has 0 saturated heterocycles. The van der Waals surface area contributed by atoms with Gasteiger partial charge in [-0.3, -0.25) is 4.79 Å². The topological polar surface area (TPSA) is 105 Å². The summed E-state index contributed by atoms with van der Waals surface area (Å²) in [4.78, 5) is 13.8. The molecular formula is C45H58O7. The number of aromatic hydroxyl groups is 2. The minimum absolute atomic E-state index is 0.0306. The van der Waals surface area contributed by atoms with Gasteiger partial charge in [-0.15, -0.1) is 0 Å². The lowest BCUT2D eigenvalue weighted by atomic mass is 9.69. The molecule has 0 aliphatic heterocycles. The van der Waals surface area contributed by atoms with Crippen LogP contribution < -0.4 is 9.47 Å². The number of aliphatic hydroxyl groups excluding tert-OH is 1. The van der Waals surface area contributed by atoms with Gasteiger partial charge < -0.3 is 29.5 Å². The van der Waals surface area contributed by atoms with Crippen LogP contribution in [0, 0.1) is 13.8 Å². The van der Waals surface area contributed by atoms with Crippen LogP contribution >= 0.6 is 0 Å². The number of aryl methyl sites for hydroxylation is 2. The maximum atomic E-state index is 13.8. The molecule has 0 fully saturated rings. The van der Waals surface area contributed by atoms with Gasteiger partial charge in [0.15, 0.2) is 0 Å². The van der Waals surface area contributed by atoms with E-state index in [1.54, 1.807) is 0 Å². The second-order valence-corrected chi connectivity index (χ2v) is 16.6. The van der Waals surface area contributed by atoms with E-state index in [1.165, 1.54) is 0 Å². The lowest BCUT2D eigenvalue weighted by molar-refractivity contribution is -0.145. The summed E-state index contributed by atoms with van der Waals surface area (Å²) in [5.74, 6) is 1.49. The Bertz CT molecular complexity index is 1800. The van der Waals surface area contributed by atoms with Crippen molar-refractivity contribution < 1.29 is 34.3 Å². The van der Waals surface area contributed by atoms with Crippen molar-refractivity contribution in [2.75, 3.05) is 26.4 Å². The van der Waals surface area contributed by atoms with Crippen LogP contribution in [0.5, 0.6) is 23.0 Å². The monoisotopic (exact) mass is 710 g/mol. The first-order valence-electron chi connectivity index (χ1n) is 18.1. The number of aliphatic hydroxyl groups is 1. The molecule has 0 heterocycles. The molecular weight excluding hydrogens is 652 g/mol. The molecule has 0 amide bonds. The van der Waals surface area contributed by atoms with E-state index in [0.29, 0.717) is 11.5 Å². The summed E-state index contributed by atoms with van der Waals surface area (Å²) < 4.78 is 18.0. The van der Waals surface area contributed by atoms with E-state index >= 15 is 0 Å². The van der Waals surface area contributed by atoms with E-state index in [9.17, 15) is 20.1 Å². The number of rotatable bonds is 13. The molecule has 280 valence electrons. The van der Waals surface area contributed by atoms with Gasteiger partial charge in [0.1, 0.15) is 42.8 Å². The SMILES string of the molecule is Cc1cc(C(C)(CC(=O)OCCOc2ccccc2C(C)(C)c2ccccc2OCCO)c2cc(C)c(O)c(C(C)(C)C)c2)cc(C(C)(C)C)c1O. The largest absolute Gasteiger partial charge is 0.507 e. The van der Waals surface area contributed by atoms with E-state index in [2.05, 4.69) is 55.4 Å². The molecule has 4 aromatic rings. The van der Waals surface area contributed by atoms with Crippen LogP contribution in [-0.4, -0.2) is 47.7 Å². The zero-order valence-electron chi connectivity index (χ0n) is 32.9. The minimum Gasteiger partial charge on any atom is -0.507 e. The van der Waals surface area contributed by atoms with E-state index in [-0.39, 0.29) is 61.1 Å². The number of hydrogen-bond acceptors (Lipinski definition) is 7. The fourth-order valence-electron chi connectivity index (χ4n) is 6.88. The summed E-state index contributed by atoms with van der Waals surface area (Å²) >= 11 is 0. The zero-order chi connectivity index (χ0) is 38.6. The van der Waals surface area contributed by atoms with Crippen molar-refractivity contribution in [2.45, 2.75) is 104 Å². The van der Waals surface area contributed by atoms with Crippen LogP contribution in [-0.2, 0) is 31.2 Å². The first kappa shape index (κ1) is 40.3. The summed E-state index contributed by atoms with van der Waals surface area (Å²) in [6.07, 6.45) is 0.0306. The molecule has 0 atom stereocenters. The van der Waals surface area contributed by atoms with Gasteiger partial charge in [0.05, 0.1) is 13.0 Å². The molecule has 4 rings (SSSR count). The fraction of sp³-hybridized carbons (Fsp3) is 0.444.